The molecule has 36 heavy (non-hydrogen) atoms. The SMILES string of the molecule is Cc1cc(C(=O)OCc2ccccc2)cc(C)c1-c1cccc2c1c(C(=O)O)c1ccccc1[n+]2C. The Morgan fingerprint density at radius 3 is 2.17 bits per heavy atom. The van der Waals surface area contributed by atoms with E-state index in [2.05, 4.69) is 0 Å². The van der Waals surface area contributed by atoms with Gasteiger partial charge in [0.2, 0.25) is 11.0 Å². The Morgan fingerprint density at radius 1 is 0.833 bits per heavy atom. The molecule has 0 spiro atoms. The lowest BCUT2D eigenvalue weighted by molar-refractivity contribution is -0.617. The second-order valence-corrected chi connectivity index (χ2v) is 9.00. The van der Waals surface area contributed by atoms with Gasteiger partial charge in [0.25, 0.3) is 0 Å². The Hall–Kier alpha value is -4.51. The first-order chi connectivity index (χ1) is 17.4. The number of ether oxygens (including phenoxy) is 1. The minimum atomic E-state index is -0.972. The van der Waals surface area contributed by atoms with Crippen molar-refractivity contribution in [3.05, 3.63) is 113 Å². The Balaban J connectivity index is 1.65. The van der Waals surface area contributed by atoms with E-state index in [0.29, 0.717) is 16.3 Å². The van der Waals surface area contributed by atoms with E-state index in [1.165, 1.54) is 0 Å². The minimum absolute atomic E-state index is 0.203. The summed E-state index contributed by atoms with van der Waals surface area (Å²) in [6.07, 6.45) is 0. The normalized spacial score (nSPS) is 11.1. The van der Waals surface area contributed by atoms with E-state index in [9.17, 15) is 14.7 Å². The smallest absolute Gasteiger partial charge is 0.338 e. The molecule has 0 aliphatic rings. The van der Waals surface area contributed by atoms with Crippen LogP contribution in [-0.2, 0) is 18.4 Å². The van der Waals surface area contributed by atoms with Crippen LogP contribution in [0.1, 0.15) is 37.4 Å². The zero-order valence-electron chi connectivity index (χ0n) is 20.4. The summed E-state index contributed by atoms with van der Waals surface area (Å²) in [5, 5.41) is 11.6. The van der Waals surface area contributed by atoms with Crippen LogP contribution in [0.4, 0.5) is 0 Å². The number of hydrogen-bond acceptors (Lipinski definition) is 3. The van der Waals surface area contributed by atoms with Crippen LogP contribution >= 0.6 is 0 Å². The number of nitrogens with zero attached hydrogens (tertiary/aromatic N) is 1. The average Bonchev–Trinajstić information content (AvgIpc) is 2.88. The average molecular weight is 477 g/mol. The molecule has 5 rings (SSSR count). The van der Waals surface area contributed by atoms with Gasteiger partial charge in [-0.25, -0.2) is 9.59 Å². The van der Waals surface area contributed by atoms with Gasteiger partial charge in [0.15, 0.2) is 0 Å². The molecule has 1 N–H and O–H groups in total. The monoisotopic (exact) mass is 476 g/mol. The summed E-state index contributed by atoms with van der Waals surface area (Å²) in [6, 6.07) is 26.6. The number of hydrogen-bond donors (Lipinski definition) is 1. The van der Waals surface area contributed by atoms with Gasteiger partial charge in [0, 0.05) is 12.1 Å². The molecule has 1 heterocycles. The summed E-state index contributed by atoms with van der Waals surface area (Å²) in [5.74, 6) is -1.36. The number of aromatic nitrogens is 1. The molecule has 0 aliphatic heterocycles. The summed E-state index contributed by atoms with van der Waals surface area (Å²) in [4.78, 5) is 25.4. The lowest BCUT2D eigenvalue weighted by atomic mass is 9.88. The molecule has 5 nitrogen and oxygen atoms in total. The number of aromatic carboxylic acids is 1. The molecule has 4 aromatic carbocycles. The third-order valence-corrected chi connectivity index (χ3v) is 6.65. The van der Waals surface area contributed by atoms with Crippen LogP contribution in [0.15, 0.2) is 84.9 Å². The summed E-state index contributed by atoms with van der Waals surface area (Å²) in [6.45, 7) is 4.08. The van der Waals surface area contributed by atoms with Crippen molar-refractivity contribution >= 4 is 33.7 Å². The molecule has 0 saturated carbocycles. The highest BCUT2D eigenvalue weighted by molar-refractivity contribution is 6.16. The van der Waals surface area contributed by atoms with Gasteiger partial charge < -0.3 is 9.84 Å². The van der Waals surface area contributed by atoms with Crippen molar-refractivity contribution in [3.8, 4) is 11.1 Å². The van der Waals surface area contributed by atoms with Crippen LogP contribution in [0.3, 0.4) is 0 Å². The number of para-hydroxylation sites is 1. The minimum Gasteiger partial charge on any atom is -0.478 e. The lowest BCUT2D eigenvalue weighted by Crippen LogP contribution is -2.31. The molecular weight excluding hydrogens is 450 g/mol. The summed E-state index contributed by atoms with van der Waals surface area (Å²) in [7, 11) is 1.95. The molecule has 0 atom stereocenters. The molecule has 5 aromatic rings. The zero-order valence-corrected chi connectivity index (χ0v) is 20.4. The molecule has 178 valence electrons. The van der Waals surface area contributed by atoms with Crippen molar-refractivity contribution in [3.63, 3.8) is 0 Å². The van der Waals surface area contributed by atoms with Crippen molar-refractivity contribution in [2.75, 3.05) is 0 Å². The largest absolute Gasteiger partial charge is 0.478 e. The first-order valence-corrected chi connectivity index (χ1v) is 11.8. The first-order valence-electron chi connectivity index (χ1n) is 11.8. The standard InChI is InChI=1S/C31H25NO4/c1-19-16-22(31(35)36-18-21-10-5-4-6-11-21)17-20(2)27(19)24-13-9-15-26-28(24)29(30(33)34)23-12-7-8-14-25(23)32(26)3/h4-17H,18H2,1-3H3/p+1. The lowest BCUT2D eigenvalue weighted by Gasteiger charge is -2.16. The maximum atomic E-state index is 12.8. The molecule has 0 bridgehead atoms. The van der Waals surface area contributed by atoms with Crippen LogP contribution in [0.5, 0.6) is 0 Å². The number of aryl methyl sites for hydroxylation is 3. The van der Waals surface area contributed by atoms with E-state index < -0.39 is 11.9 Å². The van der Waals surface area contributed by atoms with Crippen molar-refractivity contribution in [1.29, 1.82) is 0 Å². The van der Waals surface area contributed by atoms with Gasteiger partial charge in [-0.15, -0.1) is 0 Å². The van der Waals surface area contributed by atoms with Crippen LogP contribution in [-0.4, -0.2) is 17.0 Å². The Morgan fingerprint density at radius 2 is 1.47 bits per heavy atom. The van der Waals surface area contributed by atoms with Gasteiger partial charge in [0.05, 0.1) is 21.9 Å². The molecule has 0 radical (unpaired) electrons. The van der Waals surface area contributed by atoms with Gasteiger partial charge in [-0.1, -0.05) is 54.6 Å². The number of rotatable bonds is 5. The third kappa shape index (κ3) is 3.99. The van der Waals surface area contributed by atoms with Crippen LogP contribution in [0.2, 0.25) is 0 Å². The summed E-state index contributed by atoms with van der Waals surface area (Å²) >= 11 is 0. The van der Waals surface area contributed by atoms with Crippen molar-refractivity contribution in [1.82, 2.24) is 0 Å². The van der Waals surface area contributed by atoms with Gasteiger partial charge in [-0.2, -0.15) is 4.57 Å². The molecule has 5 heteroatoms. The molecule has 1 aromatic heterocycles. The number of benzene rings is 4. The molecule has 0 aliphatic carbocycles. The second kappa shape index (κ2) is 9.27. The number of carboxylic acid groups (broad SMARTS) is 1. The molecule has 0 unspecified atom stereocenters. The highest BCUT2D eigenvalue weighted by atomic mass is 16.5. The van der Waals surface area contributed by atoms with Gasteiger partial charge >= 0.3 is 11.9 Å². The molecule has 0 amide bonds. The summed E-state index contributed by atoms with van der Waals surface area (Å²) in [5.41, 5.74) is 6.84. The molecular formula is C31H26NO4+. The zero-order chi connectivity index (χ0) is 25.4. The fourth-order valence-corrected chi connectivity index (χ4v) is 5.07. The predicted molar refractivity (Wildman–Crippen MR) is 140 cm³/mol. The molecule has 0 fully saturated rings. The molecule has 0 saturated heterocycles. The van der Waals surface area contributed by atoms with Crippen LogP contribution in [0, 0.1) is 13.8 Å². The topological polar surface area (TPSA) is 67.5 Å². The van der Waals surface area contributed by atoms with Gasteiger partial charge in [-0.05, 0) is 59.9 Å². The highest BCUT2D eigenvalue weighted by Gasteiger charge is 2.26. The maximum absolute atomic E-state index is 12.8. The fraction of sp³-hybridized carbons (Fsp3) is 0.129. The number of carbonyl (C=O) groups excluding carboxylic acids is 1. The Bertz CT molecular complexity index is 1630. The number of carboxylic acids is 1. The number of fused-ring (bicyclic) bond motifs is 2. The van der Waals surface area contributed by atoms with E-state index in [1.807, 2.05) is 110 Å². The fourth-order valence-electron chi connectivity index (χ4n) is 5.07. The van der Waals surface area contributed by atoms with Crippen LogP contribution in [0.25, 0.3) is 32.9 Å². The quantitative estimate of drug-likeness (QED) is 0.188. The summed E-state index contributed by atoms with van der Waals surface area (Å²) < 4.78 is 7.56. The van der Waals surface area contributed by atoms with E-state index in [1.54, 1.807) is 0 Å². The van der Waals surface area contributed by atoms with E-state index in [4.69, 9.17) is 4.74 Å². The van der Waals surface area contributed by atoms with Crippen LogP contribution < -0.4 is 4.57 Å². The van der Waals surface area contributed by atoms with Gasteiger partial charge in [-0.3, -0.25) is 0 Å². The van der Waals surface area contributed by atoms with Crippen molar-refractivity contribution in [2.24, 2.45) is 7.05 Å². The third-order valence-electron chi connectivity index (χ3n) is 6.65. The second-order valence-electron chi connectivity index (χ2n) is 9.00. The number of pyridine rings is 1. The Labute approximate surface area is 209 Å². The van der Waals surface area contributed by atoms with Crippen molar-refractivity contribution in [2.45, 2.75) is 20.5 Å². The Kier molecular flexibility index (Phi) is 5.98. The predicted octanol–water partition coefficient (Wildman–Crippen LogP) is 6.16. The van der Waals surface area contributed by atoms with E-state index in [-0.39, 0.29) is 12.2 Å². The van der Waals surface area contributed by atoms with E-state index in [0.717, 1.165) is 38.9 Å². The maximum Gasteiger partial charge on any atom is 0.338 e. The van der Waals surface area contributed by atoms with E-state index >= 15 is 0 Å². The first kappa shape index (κ1) is 23.2. The van der Waals surface area contributed by atoms with Gasteiger partial charge in [0.1, 0.15) is 13.7 Å². The van der Waals surface area contributed by atoms with Crippen molar-refractivity contribution < 1.29 is 24.0 Å². The number of esters is 1. The highest BCUT2D eigenvalue weighted by Crippen LogP contribution is 2.37. The number of carbonyl (C=O) groups is 2.